The molecule has 1 unspecified atom stereocenters. The van der Waals surface area contributed by atoms with Crippen molar-refractivity contribution in [2.75, 3.05) is 13.6 Å². The van der Waals surface area contributed by atoms with Gasteiger partial charge in [0.15, 0.2) is 0 Å². The predicted molar refractivity (Wildman–Crippen MR) is 88.3 cm³/mol. The molecule has 0 saturated heterocycles. The molecule has 0 aliphatic heterocycles. The minimum atomic E-state index is 0.175. The van der Waals surface area contributed by atoms with Crippen LogP contribution in [0.1, 0.15) is 18.9 Å². The lowest BCUT2D eigenvalue weighted by Gasteiger charge is -2.18. The monoisotopic (exact) mass is 333 g/mol. The molecule has 0 aliphatic rings. The number of alkyl halides is 1. The number of rotatable bonds is 5. The highest BCUT2D eigenvalue weighted by molar-refractivity contribution is 9.09. The van der Waals surface area contributed by atoms with E-state index in [1.54, 1.807) is 0 Å². The van der Waals surface area contributed by atoms with Crippen LogP contribution in [0.2, 0.25) is 0 Å². The van der Waals surface area contributed by atoms with E-state index in [4.69, 9.17) is 0 Å². The van der Waals surface area contributed by atoms with Gasteiger partial charge < -0.3 is 4.90 Å². The van der Waals surface area contributed by atoms with E-state index >= 15 is 0 Å². The Bertz CT molecular complexity index is 589. The molecule has 2 nitrogen and oxygen atoms in total. The van der Waals surface area contributed by atoms with E-state index in [2.05, 4.69) is 41.1 Å². The number of hydrogen-bond donors (Lipinski definition) is 0. The first kappa shape index (κ1) is 15.0. The molecule has 0 fully saturated rings. The van der Waals surface area contributed by atoms with Gasteiger partial charge in [-0.1, -0.05) is 65.3 Å². The van der Waals surface area contributed by atoms with Crippen LogP contribution in [0.25, 0.3) is 10.8 Å². The second-order valence-corrected chi connectivity index (χ2v) is 6.76. The third-order valence-electron chi connectivity index (χ3n) is 3.51. The molecule has 20 heavy (non-hydrogen) atoms. The van der Waals surface area contributed by atoms with E-state index in [0.717, 1.165) is 18.5 Å². The number of benzene rings is 2. The van der Waals surface area contributed by atoms with Gasteiger partial charge in [-0.3, -0.25) is 4.79 Å². The largest absolute Gasteiger partial charge is 0.345 e. The van der Waals surface area contributed by atoms with Gasteiger partial charge in [0.2, 0.25) is 5.91 Å². The van der Waals surface area contributed by atoms with Gasteiger partial charge in [-0.25, -0.2) is 0 Å². The molecule has 0 bridgehead atoms. The molecule has 106 valence electrons. The van der Waals surface area contributed by atoms with Gasteiger partial charge in [0.05, 0.1) is 6.42 Å². The predicted octanol–water partition coefficient (Wildman–Crippen LogP) is 4.01. The number of fused-ring (bicyclic) bond motifs is 1. The summed E-state index contributed by atoms with van der Waals surface area (Å²) in [5, 5.41) is 2.36. The molecule has 0 N–H and O–H groups in total. The molecule has 0 saturated carbocycles. The van der Waals surface area contributed by atoms with Gasteiger partial charge in [-0.2, -0.15) is 0 Å². The Morgan fingerprint density at radius 1 is 1.20 bits per heavy atom. The number of carbonyl (C=O) groups is 1. The first-order chi connectivity index (χ1) is 9.58. The molecule has 1 atom stereocenters. The van der Waals surface area contributed by atoms with E-state index < -0.39 is 0 Å². The van der Waals surface area contributed by atoms with Crippen LogP contribution in [0.5, 0.6) is 0 Å². The van der Waals surface area contributed by atoms with Crippen LogP contribution in [0.15, 0.2) is 42.5 Å². The van der Waals surface area contributed by atoms with Gasteiger partial charge in [-0.05, 0) is 22.8 Å². The number of hydrogen-bond acceptors (Lipinski definition) is 1. The Hall–Kier alpha value is -1.35. The SMILES string of the molecule is CC(Br)CCN(C)C(=O)Cc1cccc2ccccc12. The van der Waals surface area contributed by atoms with Crippen molar-refractivity contribution < 1.29 is 4.79 Å². The van der Waals surface area contributed by atoms with E-state index in [1.165, 1.54) is 10.8 Å². The fourth-order valence-corrected chi connectivity index (χ4v) is 2.45. The summed E-state index contributed by atoms with van der Waals surface area (Å²) < 4.78 is 0. The normalized spacial score (nSPS) is 12.3. The summed E-state index contributed by atoms with van der Waals surface area (Å²) in [6.07, 6.45) is 1.44. The molecular weight excluding hydrogens is 314 g/mol. The van der Waals surface area contributed by atoms with Gasteiger partial charge >= 0.3 is 0 Å². The molecule has 3 heteroatoms. The summed E-state index contributed by atoms with van der Waals surface area (Å²) in [6, 6.07) is 14.4. The number of amides is 1. The molecular formula is C17H20BrNO. The average molecular weight is 334 g/mol. The summed E-state index contributed by atoms with van der Waals surface area (Å²) in [6.45, 7) is 2.89. The van der Waals surface area contributed by atoms with Crippen molar-refractivity contribution >= 4 is 32.6 Å². The van der Waals surface area contributed by atoms with Crippen molar-refractivity contribution in [1.82, 2.24) is 4.90 Å². The molecule has 2 aromatic rings. The van der Waals surface area contributed by atoms with Crippen molar-refractivity contribution in [2.45, 2.75) is 24.6 Å². The van der Waals surface area contributed by atoms with E-state index in [-0.39, 0.29) is 5.91 Å². The van der Waals surface area contributed by atoms with Crippen molar-refractivity contribution in [3.05, 3.63) is 48.0 Å². The highest BCUT2D eigenvalue weighted by Crippen LogP contribution is 2.19. The zero-order chi connectivity index (χ0) is 14.5. The maximum absolute atomic E-state index is 12.3. The lowest BCUT2D eigenvalue weighted by Crippen LogP contribution is -2.30. The van der Waals surface area contributed by atoms with Crippen LogP contribution >= 0.6 is 15.9 Å². The minimum Gasteiger partial charge on any atom is -0.345 e. The summed E-state index contributed by atoms with van der Waals surface area (Å²) >= 11 is 3.51. The quantitative estimate of drug-likeness (QED) is 0.757. The fraction of sp³-hybridized carbons (Fsp3) is 0.353. The minimum absolute atomic E-state index is 0.175. The van der Waals surface area contributed by atoms with E-state index in [9.17, 15) is 4.79 Å². The van der Waals surface area contributed by atoms with Crippen LogP contribution in [0.4, 0.5) is 0 Å². The second kappa shape index (κ2) is 6.89. The second-order valence-electron chi connectivity index (χ2n) is 5.20. The Morgan fingerprint density at radius 2 is 1.90 bits per heavy atom. The summed E-state index contributed by atoms with van der Waals surface area (Å²) in [7, 11) is 1.88. The van der Waals surface area contributed by atoms with E-state index in [1.807, 2.05) is 36.2 Å². The first-order valence-electron chi connectivity index (χ1n) is 6.92. The van der Waals surface area contributed by atoms with Crippen LogP contribution in [0.3, 0.4) is 0 Å². The van der Waals surface area contributed by atoms with Gasteiger partial charge in [0, 0.05) is 18.4 Å². The van der Waals surface area contributed by atoms with Crippen molar-refractivity contribution in [3.8, 4) is 0 Å². The van der Waals surface area contributed by atoms with Gasteiger partial charge in [0.25, 0.3) is 0 Å². The maximum atomic E-state index is 12.3. The number of nitrogens with zero attached hydrogens (tertiary/aromatic N) is 1. The van der Waals surface area contributed by atoms with Crippen LogP contribution in [0, 0.1) is 0 Å². The van der Waals surface area contributed by atoms with Crippen LogP contribution < -0.4 is 0 Å². The Balaban J connectivity index is 2.10. The molecule has 2 rings (SSSR count). The standard InChI is InChI=1S/C17H20BrNO/c1-13(18)10-11-19(2)17(20)12-15-8-5-7-14-6-3-4-9-16(14)15/h3-9,13H,10-12H2,1-2H3. The summed E-state index contributed by atoms with van der Waals surface area (Å²) in [4.78, 5) is 14.5. The summed E-state index contributed by atoms with van der Waals surface area (Å²) in [5.74, 6) is 0.175. The van der Waals surface area contributed by atoms with Crippen molar-refractivity contribution in [1.29, 1.82) is 0 Å². The third-order valence-corrected chi connectivity index (χ3v) is 3.97. The summed E-state index contributed by atoms with van der Waals surface area (Å²) in [5.41, 5.74) is 1.10. The van der Waals surface area contributed by atoms with Gasteiger partial charge in [0.1, 0.15) is 0 Å². The Morgan fingerprint density at radius 3 is 2.65 bits per heavy atom. The maximum Gasteiger partial charge on any atom is 0.226 e. The molecule has 0 spiro atoms. The van der Waals surface area contributed by atoms with Crippen molar-refractivity contribution in [3.63, 3.8) is 0 Å². The first-order valence-corrected chi connectivity index (χ1v) is 7.84. The molecule has 0 aromatic heterocycles. The van der Waals surface area contributed by atoms with Crippen LogP contribution in [-0.4, -0.2) is 29.2 Å². The molecule has 0 aliphatic carbocycles. The molecule has 1 amide bonds. The zero-order valence-corrected chi connectivity index (χ0v) is 13.6. The topological polar surface area (TPSA) is 20.3 Å². The smallest absolute Gasteiger partial charge is 0.226 e. The fourth-order valence-electron chi connectivity index (χ4n) is 2.24. The number of halogens is 1. The Labute approximate surface area is 128 Å². The Kier molecular flexibility index (Phi) is 5.18. The number of likely N-dealkylation sites (N-methyl/N-ethyl adjacent to an activating group) is 1. The number of carbonyl (C=O) groups excluding carboxylic acids is 1. The molecule has 0 radical (unpaired) electrons. The molecule has 2 aromatic carbocycles. The highest BCUT2D eigenvalue weighted by atomic mass is 79.9. The van der Waals surface area contributed by atoms with Gasteiger partial charge in [-0.15, -0.1) is 0 Å². The van der Waals surface area contributed by atoms with Crippen molar-refractivity contribution in [2.24, 2.45) is 0 Å². The lowest BCUT2D eigenvalue weighted by atomic mass is 10.0. The highest BCUT2D eigenvalue weighted by Gasteiger charge is 2.12. The average Bonchev–Trinajstić information content (AvgIpc) is 2.45. The third kappa shape index (κ3) is 3.83. The van der Waals surface area contributed by atoms with E-state index in [0.29, 0.717) is 11.2 Å². The lowest BCUT2D eigenvalue weighted by molar-refractivity contribution is -0.129. The van der Waals surface area contributed by atoms with Crippen LogP contribution in [-0.2, 0) is 11.2 Å². The zero-order valence-electron chi connectivity index (χ0n) is 12.0. The molecule has 0 heterocycles.